The number of hydrogen-bond acceptors (Lipinski definition) is 5. The molecular formula is C29H26F8N2O3. The van der Waals surface area contributed by atoms with Gasteiger partial charge in [-0.2, -0.15) is 36.6 Å². The van der Waals surface area contributed by atoms with E-state index in [0.29, 0.717) is 34.7 Å². The van der Waals surface area contributed by atoms with Gasteiger partial charge in [0.2, 0.25) is 0 Å². The van der Waals surface area contributed by atoms with Gasteiger partial charge >= 0.3 is 30.2 Å². The number of carbonyl (C=O) groups is 1. The molecule has 3 aromatic rings. The Hall–Kier alpha value is -4.03. The van der Waals surface area contributed by atoms with Crippen molar-refractivity contribution in [1.82, 2.24) is 0 Å². The van der Waals surface area contributed by atoms with E-state index in [-0.39, 0.29) is 11.7 Å². The summed E-state index contributed by atoms with van der Waals surface area (Å²) in [6.45, 7) is 3.23. The van der Waals surface area contributed by atoms with Crippen LogP contribution in [0.4, 0.5) is 46.5 Å². The van der Waals surface area contributed by atoms with Crippen molar-refractivity contribution in [2.75, 3.05) is 6.61 Å². The summed E-state index contributed by atoms with van der Waals surface area (Å²) in [7, 11) is 0. The van der Waals surface area contributed by atoms with Gasteiger partial charge in [0.1, 0.15) is 11.5 Å². The minimum absolute atomic E-state index is 0.345. The summed E-state index contributed by atoms with van der Waals surface area (Å²) >= 11 is 0. The molecule has 226 valence electrons. The zero-order chi connectivity index (χ0) is 31.3. The van der Waals surface area contributed by atoms with Crippen LogP contribution in [0.3, 0.4) is 0 Å². The smallest absolute Gasteiger partial charge is 0.381 e. The van der Waals surface area contributed by atoms with Crippen LogP contribution in [0, 0.1) is 5.41 Å². The number of esters is 1. The monoisotopic (exact) mass is 602 g/mol. The largest absolute Gasteiger partial charge is 0.487 e. The SMILES string of the molecule is CCC(C)(C)C(=O)Oc1ccc(/N=N/c2ccc(-c3ccc(OCC(F)(F)C(F)(F)C(F)(F)C(F)F)cc3)cc2)cc1. The zero-order valence-electron chi connectivity index (χ0n) is 22.6. The maximum Gasteiger partial charge on any atom is 0.381 e. The lowest BCUT2D eigenvalue weighted by Gasteiger charge is -2.32. The highest BCUT2D eigenvalue weighted by Gasteiger charge is 2.75. The molecule has 3 aromatic carbocycles. The number of ether oxygens (including phenoxy) is 2. The summed E-state index contributed by atoms with van der Waals surface area (Å²) < 4.78 is 114. The Morgan fingerprint density at radius 3 is 1.62 bits per heavy atom. The van der Waals surface area contributed by atoms with Crippen molar-refractivity contribution in [2.24, 2.45) is 15.6 Å². The number of azo groups is 1. The van der Waals surface area contributed by atoms with Gasteiger partial charge in [-0.3, -0.25) is 4.79 Å². The van der Waals surface area contributed by atoms with Crippen molar-refractivity contribution in [3.05, 3.63) is 72.8 Å². The zero-order valence-corrected chi connectivity index (χ0v) is 22.6. The molecule has 0 aliphatic heterocycles. The van der Waals surface area contributed by atoms with Crippen LogP contribution in [-0.4, -0.2) is 36.8 Å². The topological polar surface area (TPSA) is 60.2 Å². The summed E-state index contributed by atoms with van der Waals surface area (Å²) in [6, 6.07) is 18.1. The molecule has 0 aliphatic carbocycles. The quantitative estimate of drug-likeness (QED) is 0.0898. The fraction of sp³-hybridized carbons (Fsp3) is 0.345. The van der Waals surface area contributed by atoms with Crippen LogP contribution in [0.5, 0.6) is 11.5 Å². The molecule has 0 amide bonds. The number of alkyl halides is 8. The van der Waals surface area contributed by atoms with Gasteiger partial charge < -0.3 is 9.47 Å². The standard InChI is InChI=1S/C29H26F8N2O3/c1-4-26(2,3)25(40)42-23-15-11-21(12-16-23)39-38-20-9-5-18(6-10-20)19-7-13-22(14-8-19)41-17-27(32,33)29(36,37)28(34,35)24(30)31/h5-16,24H,4,17H2,1-3H3/b39-38+. The van der Waals surface area contributed by atoms with Crippen molar-refractivity contribution >= 4 is 17.3 Å². The molecular weight excluding hydrogens is 576 g/mol. The highest BCUT2D eigenvalue weighted by Crippen LogP contribution is 2.48. The lowest BCUT2D eigenvalue weighted by molar-refractivity contribution is -0.342. The Labute approximate surface area is 236 Å². The second-order valence-corrected chi connectivity index (χ2v) is 9.88. The van der Waals surface area contributed by atoms with Gasteiger partial charge in [0.05, 0.1) is 16.8 Å². The third-order valence-electron chi connectivity index (χ3n) is 6.39. The van der Waals surface area contributed by atoms with E-state index >= 15 is 0 Å². The Bertz CT molecular complexity index is 1380. The van der Waals surface area contributed by atoms with Gasteiger partial charge in [-0.1, -0.05) is 31.2 Å². The van der Waals surface area contributed by atoms with Crippen molar-refractivity contribution < 1.29 is 49.4 Å². The molecule has 0 saturated carbocycles. The summed E-state index contributed by atoms with van der Waals surface area (Å²) in [6.07, 6.45) is -4.37. The van der Waals surface area contributed by atoms with Crippen molar-refractivity contribution in [3.63, 3.8) is 0 Å². The van der Waals surface area contributed by atoms with E-state index in [0.717, 1.165) is 12.1 Å². The molecule has 0 fully saturated rings. The average Bonchev–Trinajstić information content (AvgIpc) is 2.96. The Balaban J connectivity index is 1.60. The van der Waals surface area contributed by atoms with Crippen LogP contribution >= 0.6 is 0 Å². The fourth-order valence-corrected chi connectivity index (χ4v) is 3.20. The van der Waals surface area contributed by atoms with Gasteiger partial charge in [-0.25, -0.2) is 8.78 Å². The van der Waals surface area contributed by atoms with Crippen LogP contribution < -0.4 is 9.47 Å². The second-order valence-electron chi connectivity index (χ2n) is 9.88. The molecule has 0 bridgehead atoms. The summed E-state index contributed by atoms with van der Waals surface area (Å²) in [4.78, 5) is 12.2. The maximum atomic E-state index is 13.7. The number of carbonyl (C=O) groups excluding carboxylic acids is 1. The molecule has 0 aromatic heterocycles. The molecule has 13 heteroatoms. The van der Waals surface area contributed by atoms with E-state index < -0.39 is 36.2 Å². The van der Waals surface area contributed by atoms with Crippen molar-refractivity contribution in [1.29, 1.82) is 0 Å². The molecule has 42 heavy (non-hydrogen) atoms. The highest BCUT2D eigenvalue weighted by molar-refractivity contribution is 5.78. The average molecular weight is 603 g/mol. The first-order valence-electron chi connectivity index (χ1n) is 12.5. The van der Waals surface area contributed by atoms with Crippen LogP contribution in [0.25, 0.3) is 11.1 Å². The van der Waals surface area contributed by atoms with Gasteiger partial charge in [0, 0.05) is 0 Å². The van der Waals surface area contributed by atoms with Crippen molar-refractivity contribution in [2.45, 2.75) is 51.4 Å². The first-order chi connectivity index (χ1) is 19.5. The molecule has 0 heterocycles. The van der Waals surface area contributed by atoms with Gasteiger partial charge in [-0.05, 0) is 79.9 Å². The van der Waals surface area contributed by atoms with Crippen molar-refractivity contribution in [3.8, 4) is 22.6 Å². The summed E-state index contributed by atoms with van der Waals surface area (Å²) in [5.41, 5.74) is 1.59. The molecule has 0 saturated heterocycles. The van der Waals surface area contributed by atoms with E-state index in [9.17, 15) is 39.9 Å². The Kier molecular flexibility index (Phi) is 9.63. The van der Waals surface area contributed by atoms with E-state index in [4.69, 9.17) is 4.74 Å². The number of rotatable bonds is 12. The van der Waals surface area contributed by atoms with Crippen LogP contribution in [-0.2, 0) is 4.79 Å². The van der Waals surface area contributed by atoms with Crippen LogP contribution in [0.1, 0.15) is 27.2 Å². The first-order valence-corrected chi connectivity index (χ1v) is 12.5. The fourth-order valence-electron chi connectivity index (χ4n) is 3.20. The predicted molar refractivity (Wildman–Crippen MR) is 139 cm³/mol. The molecule has 0 spiro atoms. The molecule has 3 rings (SSSR count). The first kappa shape index (κ1) is 32.5. The molecule has 0 unspecified atom stereocenters. The van der Waals surface area contributed by atoms with Crippen LogP contribution in [0.2, 0.25) is 0 Å². The molecule has 0 aliphatic rings. The summed E-state index contributed by atoms with van der Waals surface area (Å²) in [5, 5.41) is 8.25. The predicted octanol–water partition coefficient (Wildman–Crippen LogP) is 9.66. The minimum atomic E-state index is -6.34. The lowest BCUT2D eigenvalue weighted by Crippen LogP contribution is -2.59. The highest BCUT2D eigenvalue weighted by atomic mass is 19.4. The lowest BCUT2D eigenvalue weighted by atomic mass is 9.91. The Morgan fingerprint density at radius 1 is 0.738 bits per heavy atom. The summed E-state index contributed by atoms with van der Waals surface area (Å²) in [5.74, 6) is -18.5. The van der Waals surface area contributed by atoms with Gasteiger partial charge in [-0.15, -0.1) is 0 Å². The molecule has 0 radical (unpaired) electrons. The van der Waals surface area contributed by atoms with E-state index in [1.54, 1.807) is 62.4 Å². The Morgan fingerprint density at radius 2 is 1.17 bits per heavy atom. The number of hydrogen-bond donors (Lipinski definition) is 0. The van der Waals surface area contributed by atoms with E-state index in [1.807, 2.05) is 6.92 Å². The molecule has 0 N–H and O–H groups in total. The third kappa shape index (κ3) is 7.24. The normalized spacial score (nSPS) is 13.0. The number of benzene rings is 3. The molecule has 0 atom stereocenters. The number of nitrogens with zero attached hydrogens (tertiary/aromatic N) is 2. The second kappa shape index (κ2) is 12.5. The maximum absolute atomic E-state index is 13.7. The van der Waals surface area contributed by atoms with Crippen LogP contribution in [0.15, 0.2) is 83.0 Å². The minimum Gasteiger partial charge on any atom is -0.487 e. The molecule has 5 nitrogen and oxygen atoms in total. The van der Waals surface area contributed by atoms with Gasteiger partial charge in [0.15, 0.2) is 6.61 Å². The van der Waals surface area contributed by atoms with Gasteiger partial charge in [0.25, 0.3) is 0 Å². The third-order valence-corrected chi connectivity index (χ3v) is 6.39. The van der Waals surface area contributed by atoms with E-state index in [1.165, 1.54) is 12.1 Å². The van der Waals surface area contributed by atoms with E-state index in [2.05, 4.69) is 15.0 Å². The number of halogens is 8.